The molecule has 0 aliphatic rings. The third-order valence-electron chi connectivity index (χ3n) is 3.85. The number of alkyl halides is 2. The quantitative estimate of drug-likeness (QED) is 0.449. The maximum Gasteiger partial charge on any atom is 0.387 e. The molecular formula is C21H28F2N4O3. The molecule has 1 heterocycles. The van der Waals surface area contributed by atoms with Crippen molar-refractivity contribution >= 4 is 5.96 Å². The molecule has 2 N–H and O–H groups in total. The molecule has 30 heavy (non-hydrogen) atoms. The number of guanidine groups is 1. The number of aromatic nitrogens is 1. The van der Waals surface area contributed by atoms with Crippen LogP contribution >= 0.6 is 0 Å². The van der Waals surface area contributed by atoms with E-state index in [1.807, 2.05) is 19.9 Å². The zero-order chi connectivity index (χ0) is 21.9. The Hall–Kier alpha value is -3.10. The van der Waals surface area contributed by atoms with E-state index in [1.165, 1.54) is 0 Å². The zero-order valence-corrected chi connectivity index (χ0v) is 17.6. The summed E-state index contributed by atoms with van der Waals surface area (Å²) in [6, 6.07) is 8.73. The smallest absolute Gasteiger partial charge is 0.387 e. The van der Waals surface area contributed by atoms with Crippen LogP contribution in [0.5, 0.6) is 17.4 Å². The fraction of sp³-hybridized carbons (Fsp3) is 0.429. The second kappa shape index (κ2) is 11.8. The van der Waals surface area contributed by atoms with Gasteiger partial charge >= 0.3 is 6.61 Å². The molecule has 0 saturated carbocycles. The number of para-hydroxylation sites is 1. The molecule has 0 aliphatic carbocycles. The average Bonchev–Trinajstić information content (AvgIpc) is 2.70. The van der Waals surface area contributed by atoms with Crippen LogP contribution in [0.2, 0.25) is 0 Å². The summed E-state index contributed by atoms with van der Waals surface area (Å²) in [5.74, 6) is 1.36. The van der Waals surface area contributed by atoms with Gasteiger partial charge in [-0.2, -0.15) is 8.78 Å². The lowest BCUT2D eigenvalue weighted by atomic mass is 10.2. The van der Waals surface area contributed by atoms with Gasteiger partial charge in [-0.1, -0.05) is 18.2 Å². The van der Waals surface area contributed by atoms with Crippen molar-refractivity contribution in [2.24, 2.45) is 4.99 Å². The number of nitrogens with zero attached hydrogens (tertiary/aromatic N) is 2. The molecule has 1 aromatic carbocycles. The van der Waals surface area contributed by atoms with E-state index >= 15 is 0 Å². The van der Waals surface area contributed by atoms with Crippen LogP contribution in [0, 0.1) is 0 Å². The topological polar surface area (TPSA) is 77.0 Å². The monoisotopic (exact) mass is 422 g/mol. The van der Waals surface area contributed by atoms with Crippen LogP contribution in [0.25, 0.3) is 0 Å². The van der Waals surface area contributed by atoms with E-state index in [9.17, 15) is 8.78 Å². The van der Waals surface area contributed by atoms with Gasteiger partial charge < -0.3 is 24.8 Å². The first-order chi connectivity index (χ1) is 14.4. The molecule has 0 spiro atoms. The van der Waals surface area contributed by atoms with Crippen LogP contribution in [0.4, 0.5) is 8.78 Å². The van der Waals surface area contributed by atoms with Crippen molar-refractivity contribution in [1.82, 2.24) is 15.6 Å². The minimum absolute atomic E-state index is 0.0160. The van der Waals surface area contributed by atoms with Crippen LogP contribution in [0.15, 0.2) is 41.5 Å². The summed E-state index contributed by atoms with van der Waals surface area (Å²) in [7, 11) is 1.63. The van der Waals surface area contributed by atoms with Gasteiger partial charge in [-0.25, -0.2) is 4.98 Å². The van der Waals surface area contributed by atoms with E-state index in [0.717, 1.165) is 5.56 Å². The molecule has 0 bridgehead atoms. The first kappa shape index (κ1) is 23.2. The van der Waals surface area contributed by atoms with Crippen LogP contribution in [0.1, 0.15) is 31.9 Å². The molecule has 7 nitrogen and oxygen atoms in total. The number of ether oxygens (including phenoxy) is 3. The summed E-state index contributed by atoms with van der Waals surface area (Å²) in [6.07, 6.45) is 1.78. The standard InChI is InChI=1S/C21H28F2N4O3/c1-5-28-17-8-6-7-16(19(17)30-20(22)23)13-27-21(24-4)26-12-15-9-10-18(25-11-15)29-14(2)3/h6-11,14,20H,5,12-13H2,1-4H3,(H2,24,26,27). The Bertz CT molecular complexity index is 814. The van der Waals surface area contributed by atoms with Crippen LogP contribution in [0.3, 0.4) is 0 Å². The van der Waals surface area contributed by atoms with E-state index in [0.29, 0.717) is 30.6 Å². The summed E-state index contributed by atoms with van der Waals surface area (Å²) in [4.78, 5) is 8.41. The molecule has 0 unspecified atom stereocenters. The fourth-order valence-electron chi connectivity index (χ4n) is 2.60. The van der Waals surface area contributed by atoms with Gasteiger partial charge in [0.05, 0.1) is 12.7 Å². The Kier molecular flexibility index (Phi) is 9.11. The van der Waals surface area contributed by atoms with Gasteiger partial charge in [0.2, 0.25) is 5.88 Å². The molecule has 0 saturated heterocycles. The summed E-state index contributed by atoms with van der Waals surface area (Å²) in [6.45, 7) is 3.76. The van der Waals surface area contributed by atoms with Crippen molar-refractivity contribution in [3.05, 3.63) is 47.7 Å². The molecule has 0 atom stereocenters. The van der Waals surface area contributed by atoms with Gasteiger partial charge in [-0.15, -0.1) is 0 Å². The van der Waals surface area contributed by atoms with E-state index in [1.54, 1.807) is 44.4 Å². The van der Waals surface area contributed by atoms with Crippen molar-refractivity contribution in [2.45, 2.75) is 46.6 Å². The Labute approximate surface area is 175 Å². The van der Waals surface area contributed by atoms with Crippen LogP contribution in [-0.4, -0.2) is 37.3 Å². The molecule has 164 valence electrons. The molecule has 0 radical (unpaired) electrons. The normalized spacial score (nSPS) is 11.5. The number of nitrogens with one attached hydrogen (secondary N) is 2. The lowest BCUT2D eigenvalue weighted by Crippen LogP contribution is -2.36. The predicted molar refractivity (Wildman–Crippen MR) is 111 cm³/mol. The summed E-state index contributed by atoms with van der Waals surface area (Å²) in [5.41, 5.74) is 1.47. The first-order valence-corrected chi connectivity index (χ1v) is 9.68. The highest BCUT2D eigenvalue weighted by Gasteiger charge is 2.16. The number of hydrogen-bond acceptors (Lipinski definition) is 5. The molecule has 9 heteroatoms. The molecule has 0 fully saturated rings. The maximum absolute atomic E-state index is 12.8. The van der Waals surface area contributed by atoms with Crippen molar-refractivity contribution in [2.75, 3.05) is 13.7 Å². The number of benzene rings is 1. The van der Waals surface area contributed by atoms with Gasteiger partial charge in [0, 0.05) is 38.0 Å². The highest BCUT2D eigenvalue weighted by atomic mass is 19.3. The van der Waals surface area contributed by atoms with Crippen molar-refractivity contribution < 1.29 is 23.0 Å². The fourth-order valence-corrected chi connectivity index (χ4v) is 2.60. The highest BCUT2D eigenvalue weighted by molar-refractivity contribution is 5.79. The average molecular weight is 422 g/mol. The number of hydrogen-bond donors (Lipinski definition) is 2. The number of rotatable bonds is 10. The number of pyridine rings is 1. The summed E-state index contributed by atoms with van der Waals surface area (Å²) < 4.78 is 41.3. The second-order valence-corrected chi connectivity index (χ2v) is 6.51. The van der Waals surface area contributed by atoms with Crippen molar-refractivity contribution in [1.29, 1.82) is 0 Å². The Morgan fingerprint density at radius 1 is 1.10 bits per heavy atom. The molecule has 0 aliphatic heterocycles. The zero-order valence-electron chi connectivity index (χ0n) is 17.6. The third kappa shape index (κ3) is 7.38. The minimum atomic E-state index is -2.95. The van der Waals surface area contributed by atoms with Crippen LogP contribution < -0.4 is 24.8 Å². The largest absolute Gasteiger partial charge is 0.490 e. The van der Waals surface area contributed by atoms with Crippen molar-refractivity contribution in [3.8, 4) is 17.4 Å². The van der Waals surface area contributed by atoms with Crippen molar-refractivity contribution in [3.63, 3.8) is 0 Å². The molecule has 1 aromatic heterocycles. The Morgan fingerprint density at radius 3 is 2.47 bits per heavy atom. The Balaban J connectivity index is 1.97. The van der Waals surface area contributed by atoms with Gasteiger partial charge in [0.1, 0.15) is 0 Å². The van der Waals surface area contributed by atoms with E-state index in [2.05, 4.69) is 25.3 Å². The molecule has 2 aromatic rings. The second-order valence-electron chi connectivity index (χ2n) is 6.51. The van der Waals surface area contributed by atoms with Gasteiger partial charge in [-0.05, 0) is 32.4 Å². The minimum Gasteiger partial charge on any atom is -0.490 e. The first-order valence-electron chi connectivity index (χ1n) is 9.68. The number of aliphatic imine (C=N–C) groups is 1. The molecule has 0 amide bonds. The lowest BCUT2D eigenvalue weighted by Gasteiger charge is -2.17. The van der Waals surface area contributed by atoms with Gasteiger partial charge in [0.25, 0.3) is 0 Å². The van der Waals surface area contributed by atoms with E-state index in [4.69, 9.17) is 9.47 Å². The third-order valence-corrected chi connectivity index (χ3v) is 3.85. The maximum atomic E-state index is 12.8. The van der Waals surface area contributed by atoms with Gasteiger partial charge in [-0.3, -0.25) is 4.99 Å². The van der Waals surface area contributed by atoms with Gasteiger partial charge in [0.15, 0.2) is 17.5 Å². The summed E-state index contributed by atoms with van der Waals surface area (Å²) in [5, 5.41) is 6.24. The highest BCUT2D eigenvalue weighted by Crippen LogP contribution is 2.32. The van der Waals surface area contributed by atoms with E-state index in [-0.39, 0.29) is 24.1 Å². The van der Waals surface area contributed by atoms with E-state index < -0.39 is 6.61 Å². The number of halogens is 2. The van der Waals surface area contributed by atoms with Crippen LogP contribution in [-0.2, 0) is 13.1 Å². The Morgan fingerprint density at radius 2 is 1.87 bits per heavy atom. The predicted octanol–water partition coefficient (Wildman–Crippen LogP) is 3.73. The summed E-state index contributed by atoms with van der Waals surface area (Å²) >= 11 is 0. The SMILES string of the molecule is CCOc1cccc(CNC(=NC)NCc2ccc(OC(C)C)nc2)c1OC(F)F. The lowest BCUT2D eigenvalue weighted by molar-refractivity contribution is -0.0520. The molecular weight excluding hydrogens is 394 g/mol. The molecule has 2 rings (SSSR count).